The van der Waals surface area contributed by atoms with Crippen LogP contribution in [0.3, 0.4) is 0 Å². The number of hydrogen-bond acceptors (Lipinski definition) is 4. The fourth-order valence-corrected chi connectivity index (χ4v) is 7.34. The van der Waals surface area contributed by atoms with E-state index in [0.717, 1.165) is 37.0 Å². The first-order chi connectivity index (χ1) is 15.1. The van der Waals surface area contributed by atoms with Gasteiger partial charge in [0.1, 0.15) is 10.6 Å². The number of thiophene rings is 1. The molecule has 0 spiro atoms. The summed E-state index contributed by atoms with van der Waals surface area (Å²) in [5.74, 6) is 0.534. The summed E-state index contributed by atoms with van der Waals surface area (Å²) < 4.78 is 31.0. The third-order valence-corrected chi connectivity index (χ3v) is 9.49. The van der Waals surface area contributed by atoms with E-state index in [2.05, 4.69) is 24.3 Å². The van der Waals surface area contributed by atoms with Crippen molar-refractivity contribution in [2.24, 2.45) is 5.92 Å². The maximum Gasteiger partial charge on any atom is 0.246 e. The summed E-state index contributed by atoms with van der Waals surface area (Å²) in [6.45, 7) is 1.16. The summed E-state index contributed by atoms with van der Waals surface area (Å²) in [7, 11) is -3.57. The minimum absolute atomic E-state index is 0.319. The van der Waals surface area contributed by atoms with Crippen molar-refractivity contribution in [1.29, 1.82) is 0 Å². The molecule has 0 radical (unpaired) electrons. The number of rotatable bonds is 6. The predicted molar refractivity (Wildman–Crippen MR) is 125 cm³/mol. The van der Waals surface area contributed by atoms with E-state index in [9.17, 15) is 8.42 Å². The van der Waals surface area contributed by atoms with Crippen molar-refractivity contribution in [3.05, 3.63) is 59.6 Å². The lowest BCUT2D eigenvalue weighted by Gasteiger charge is -2.31. The summed E-state index contributed by atoms with van der Waals surface area (Å²) in [5.41, 5.74) is 1.95. The SMILES string of the molecule is O=S(=O)(c1cn(C2CCCC2)nc1-c1cccs1)N1CCC(Cc2ccccc2)CC1. The zero-order valence-corrected chi connectivity index (χ0v) is 19.3. The Morgan fingerprint density at radius 3 is 2.39 bits per heavy atom. The van der Waals surface area contributed by atoms with Gasteiger partial charge in [-0.2, -0.15) is 9.40 Å². The normalized spacial score (nSPS) is 19.2. The zero-order chi connectivity index (χ0) is 21.3. The van der Waals surface area contributed by atoms with Crippen LogP contribution in [0.2, 0.25) is 0 Å². The van der Waals surface area contributed by atoms with Crippen LogP contribution in [0.25, 0.3) is 10.6 Å². The minimum Gasteiger partial charge on any atom is -0.268 e. The molecule has 0 unspecified atom stereocenters. The average Bonchev–Trinajstić information content (AvgIpc) is 3.56. The van der Waals surface area contributed by atoms with Crippen LogP contribution in [0.1, 0.15) is 50.1 Å². The molecule has 5 rings (SSSR count). The third-order valence-electron chi connectivity index (χ3n) is 6.71. The Kier molecular flexibility index (Phi) is 5.99. The van der Waals surface area contributed by atoms with Crippen LogP contribution in [-0.4, -0.2) is 35.6 Å². The van der Waals surface area contributed by atoms with E-state index < -0.39 is 10.0 Å². The van der Waals surface area contributed by atoms with Crippen molar-refractivity contribution < 1.29 is 8.42 Å². The molecular weight excluding hydrogens is 426 g/mol. The molecule has 1 aliphatic heterocycles. The average molecular weight is 456 g/mol. The summed E-state index contributed by atoms with van der Waals surface area (Å²) in [6.07, 6.45) is 9.17. The minimum atomic E-state index is -3.57. The monoisotopic (exact) mass is 455 g/mol. The summed E-state index contributed by atoms with van der Waals surface area (Å²) in [5, 5.41) is 6.77. The van der Waals surface area contributed by atoms with Crippen molar-refractivity contribution in [3.63, 3.8) is 0 Å². The largest absolute Gasteiger partial charge is 0.268 e. The maximum absolute atomic E-state index is 13.7. The van der Waals surface area contributed by atoms with Gasteiger partial charge in [-0.15, -0.1) is 11.3 Å². The maximum atomic E-state index is 13.7. The molecule has 0 N–H and O–H groups in total. The third kappa shape index (κ3) is 4.36. The van der Waals surface area contributed by atoms with E-state index in [1.807, 2.05) is 28.3 Å². The molecule has 1 aromatic carbocycles. The van der Waals surface area contributed by atoms with Crippen LogP contribution in [0.15, 0.2) is 58.9 Å². The van der Waals surface area contributed by atoms with E-state index >= 15 is 0 Å². The van der Waals surface area contributed by atoms with Crippen LogP contribution < -0.4 is 0 Å². The smallest absolute Gasteiger partial charge is 0.246 e. The Bertz CT molecular complexity index is 1090. The highest BCUT2D eigenvalue weighted by atomic mass is 32.2. The molecule has 2 aromatic heterocycles. The van der Waals surface area contributed by atoms with Crippen molar-refractivity contribution in [3.8, 4) is 10.6 Å². The van der Waals surface area contributed by atoms with Crippen LogP contribution in [-0.2, 0) is 16.4 Å². The highest BCUT2D eigenvalue weighted by molar-refractivity contribution is 7.89. The van der Waals surface area contributed by atoms with Gasteiger partial charge in [-0.1, -0.05) is 49.2 Å². The van der Waals surface area contributed by atoms with Gasteiger partial charge in [0.05, 0.1) is 10.9 Å². The molecule has 0 bridgehead atoms. The van der Waals surface area contributed by atoms with Crippen LogP contribution >= 0.6 is 11.3 Å². The van der Waals surface area contributed by atoms with E-state index in [4.69, 9.17) is 5.10 Å². The van der Waals surface area contributed by atoms with E-state index in [1.165, 1.54) is 18.4 Å². The summed E-state index contributed by atoms with van der Waals surface area (Å²) in [6, 6.07) is 14.7. The molecule has 1 saturated carbocycles. The second-order valence-corrected chi connectivity index (χ2v) is 11.6. The first-order valence-corrected chi connectivity index (χ1v) is 13.6. The Morgan fingerprint density at radius 2 is 1.71 bits per heavy atom. The van der Waals surface area contributed by atoms with Gasteiger partial charge in [-0.25, -0.2) is 8.42 Å². The Morgan fingerprint density at radius 1 is 0.968 bits per heavy atom. The summed E-state index contributed by atoms with van der Waals surface area (Å²) in [4.78, 5) is 1.30. The molecular formula is C24H29N3O2S2. The van der Waals surface area contributed by atoms with E-state index in [0.29, 0.717) is 35.6 Å². The standard InChI is InChI=1S/C24H29N3O2S2/c28-31(29,26-14-12-20(13-15-26)17-19-7-2-1-3-8-19)23-18-27(21-9-4-5-10-21)25-24(23)22-11-6-16-30-22/h1-3,6-8,11,16,18,20-21H,4-5,9-10,12-15,17H2. The van der Waals surface area contributed by atoms with Gasteiger partial charge in [0, 0.05) is 19.3 Å². The van der Waals surface area contributed by atoms with E-state index in [1.54, 1.807) is 21.8 Å². The van der Waals surface area contributed by atoms with Gasteiger partial charge in [-0.3, -0.25) is 4.68 Å². The van der Waals surface area contributed by atoms with E-state index in [-0.39, 0.29) is 0 Å². The number of nitrogens with zero attached hydrogens (tertiary/aromatic N) is 3. The van der Waals surface area contributed by atoms with Gasteiger partial charge in [0.25, 0.3) is 0 Å². The highest BCUT2D eigenvalue weighted by Gasteiger charge is 2.34. The molecule has 5 nitrogen and oxygen atoms in total. The molecule has 1 aliphatic carbocycles. The molecule has 3 heterocycles. The number of aromatic nitrogens is 2. The van der Waals surface area contributed by atoms with Crippen LogP contribution in [0.4, 0.5) is 0 Å². The van der Waals surface area contributed by atoms with Gasteiger partial charge >= 0.3 is 0 Å². The number of piperidine rings is 1. The predicted octanol–water partition coefficient (Wildman–Crippen LogP) is 5.37. The van der Waals surface area contributed by atoms with Crippen LogP contribution in [0.5, 0.6) is 0 Å². The molecule has 1 saturated heterocycles. The number of hydrogen-bond donors (Lipinski definition) is 0. The number of sulfonamides is 1. The quantitative estimate of drug-likeness (QED) is 0.502. The second kappa shape index (κ2) is 8.88. The lowest BCUT2D eigenvalue weighted by Crippen LogP contribution is -2.39. The Balaban J connectivity index is 1.36. The van der Waals surface area contributed by atoms with Gasteiger partial charge < -0.3 is 0 Å². The molecule has 0 amide bonds. The lowest BCUT2D eigenvalue weighted by molar-refractivity contribution is 0.273. The Labute approximate surface area is 188 Å². The van der Waals surface area contributed by atoms with Crippen molar-refractivity contribution >= 4 is 21.4 Å². The van der Waals surface area contributed by atoms with Gasteiger partial charge in [0.15, 0.2) is 0 Å². The zero-order valence-electron chi connectivity index (χ0n) is 17.7. The van der Waals surface area contributed by atoms with Gasteiger partial charge in [-0.05, 0) is 55.0 Å². The fraction of sp³-hybridized carbons (Fsp3) is 0.458. The first-order valence-electron chi connectivity index (χ1n) is 11.3. The highest BCUT2D eigenvalue weighted by Crippen LogP contribution is 2.36. The molecule has 3 aromatic rings. The van der Waals surface area contributed by atoms with Crippen LogP contribution in [0, 0.1) is 5.92 Å². The summed E-state index contributed by atoms with van der Waals surface area (Å²) >= 11 is 1.55. The molecule has 164 valence electrons. The van der Waals surface area contributed by atoms with Gasteiger partial charge in [0.2, 0.25) is 10.0 Å². The van der Waals surface area contributed by atoms with Crippen molar-refractivity contribution in [1.82, 2.24) is 14.1 Å². The topological polar surface area (TPSA) is 55.2 Å². The molecule has 2 fully saturated rings. The lowest BCUT2D eigenvalue weighted by atomic mass is 9.91. The molecule has 31 heavy (non-hydrogen) atoms. The fourth-order valence-electron chi connectivity index (χ4n) is 4.94. The molecule has 0 atom stereocenters. The van der Waals surface area contributed by atoms with Crippen molar-refractivity contribution in [2.45, 2.75) is 55.9 Å². The van der Waals surface area contributed by atoms with Crippen molar-refractivity contribution in [2.75, 3.05) is 13.1 Å². The number of benzene rings is 1. The second-order valence-electron chi connectivity index (χ2n) is 8.77. The Hall–Kier alpha value is -1.96. The molecule has 7 heteroatoms. The molecule has 2 aliphatic rings. The first kappa shape index (κ1) is 20.9.